The van der Waals surface area contributed by atoms with Gasteiger partial charge in [0.1, 0.15) is 0 Å². The lowest BCUT2D eigenvalue weighted by Crippen LogP contribution is -2.33. The molecule has 0 amide bonds. The first-order valence-corrected chi connectivity index (χ1v) is 4.48. The minimum absolute atomic E-state index is 0.0849. The van der Waals surface area contributed by atoms with E-state index < -0.39 is 11.2 Å². The Morgan fingerprint density at radius 2 is 1.94 bits per heavy atom. The number of aryl methyl sites for hydroxylation is 2. The van der Waals surface area contributed by atoms with Gasteiger partial charge in [0.15, 0.2) is 5.65 Å². The molecule has 2 N–H and O–H groups in total. The fourth-order valence-electron chi connectivity index (χ4n) is 1.62. The van der Waals surface area contributed by atoms with Crippen LogP contribution in [-0.2, 0) is 7.05 Å². The average molecular weight is 223 g/mol. The highest BCUT2D eigenvalue weighted by molar-refractivity contribution is 5.74. The van der Waals surface area contributed by atoms with Gasteiger partial charge in [0.25, 0.3) is 11.1 Å². The summed E-state index contributed by atoms with van der Waals surface area (Å²) in [6, 6.07) is 1.34. The molecule has 0 aliphatic carbocycles. The molecule has 0 radical (unpaired) electrons. The van der Waals surface area contributed by atoms with Crippen LogP contribution in [0.3, 0.4) is 0 Å². The summed E-state index contributed by atoms with van der Waals surface area (Å²) in [5.41, 5.74) is -1.75. The van der Waals surface area contributed by atoms with E-state index in [4.69, 9.17) is 0 Å². The third-order valence-corrected chi connectivity index (χ3v) is 2.42. The minimum Gasteiger partial charge on any atom is -0.422 e. The van der Waals surface area contributed by atoms with E-state index in [9.17, 15) is 19.6 Å². The van der Waals surface area contributed by atoms with Crippen LogP contribution in [0.15, 0.2) is 20.4 Å². The summed E-state index contributed by atoms with van der Waals surface area (Å²) in [6.07, 6.45) is 0. The molecule has 2 heterocycles. The molecule has 0 spiro atoms. The number of aromatic nitrogens is 3. The zero-order valence-corrected chi connectivity index (χ0v) is 8.64. The Balaban J connectivity index is 3.27. The van der Waals surface area contributed by atoms with Crippen molar-refractivity contribution < 1.29 is 5.21 Å². The van der Waals surface area contributed by atoms with E-state index in [1.54, 1.807) is 6.92 Å². The third-order valence-electron chi connectivity index (χ3n) is 2.42. The molecule has 7 nitrogen and oxygen atoms in total. The van der Waals surface area contributed by atoms with Crippen molar-refractivity contribution >= 4 is 11.0 Å². The number of nitrogens with one attached hydrogen (secondary N) is 1. The van der Waals surface area contributed by atoms with Gasteiger partial charge in [-0.3, -0.25) is 19.1 Å². The maximum absolute atomic E-state index is 11.6. The molecule has 2 aromatic rings. The lowest BCUT2D eigenvalue weighted by molar-refractivity contribution is 0.179. The van der Waals surface area contributed by atoms with Crippen LogP contribution >= 0.6 is 0 Å². The molecule has 0 saturated heterocycles. The van der Waals surface area contributed by atoms with E-state index in [1.807, 2.05) is 4.98 Å². The predicted molar refractivity (Wildman–Crippen MR) is 56.0 cm³/mol. The van der Waals surface area contributed by atoms with Gasteiger partial charge in [-0.2, -0.15) is 0 Å². The van der Waals surface area contributed by atoms with Crippen LogP contribution in [0, 0.1) is 6.92 Å². The first-order valence-electron chi connectivity index (χ1n) is 4.48. The molecule has 0 aromatic carbocycles. The standard InChI is InChI=1S/C9H9N3O4/c1-4-3-5-6(13)10-9(15)12(16)7(5)11(2)8(4)14/h3,16H,1-2H3,(H,10,13,15). The van der Waals surface area contributed by atoms with Crippen molar-refractivity contribution in [2.45, 2.75) is 6.92 Å². The molecule has 16 heavy (non-hydrogen) atoms. The number of hydrogen-bond donors (Lipinski definition) is 2. The fourth-order valence-corrected chi connectivity index (χ4v) is 1.62. The van der Waals surface area contributed by atoms with Gasteiger partial charge in [-0.15, -0.1) is 4.73 Å². The molecule has 2 aromatic heterocycles. The summed E-state index contributed by atoms with van der Waals surface area (Å²) in [4.78, 5) is 36.1. The van der Waals surface area contributed by atoms with Gasteiger partial charge in [0, 0.05) is 12.6 Å². The van der Waals surface area contributed by atoms with E-state index in [2.05, 4.69) is 0 Å². The molecule has 0 fully saturated rings. The van der Waals surface area contributed by atoms with Crippen molar-refractivity contribution in [2.24, 2.45) is 7.05 Å². The Labute approximate surface area is 88.2 Å². The molecular weight excluding hydrogens is 214 g/mol. The maximum atomic E-state index is 11.6. The molecule has 0 aliphatic rings. The van der Waals surface area contributed by atoms with Crippen molar-refractivity contribution in [3.05, 3.63) is 42.8 Å². The van der Waals surface area contributed by atoms with Crippen molar-refractivity contribution in [1.29, 1.82) is 0 Å². The summed E-state index contributed by atoms with van der Waals surface area (Å²) in [6.45, 7) is 1.55. The molecule has 0 aliphatic heterocycles. The van der Waals surface area contributed by atoms with E-state index in [0.29, 0.717) is 5.56 Å². The number of pyridine rings is 1. The Morgan fingerprint density at radius 3 is 2.56 bits per heavy atom. The van der Waals surface area contributed by atoms with Gasteiger partial charge < -0.3 is 5.21 Å². The zero-order valence-electron chi connectivity index (χ0n) is 8.64. The minimum atomic E-state index is -0.976. The molecule has 7 heteroatoms. The molecule has 0 bridgehead atoms. The van der Waals surface area contributed by atoms with Crippen molar-refractivity contribution in [2.75, 3.05) is 0 Å². The number of fused-ring (bicyclic) bond motifs is 1. The molecule has 0 unspecified atom stereocenters. The molecule has 2 rings (SSSR count). The average Bonchev–Trinajstić information content (AvgIpc) is 2.22. The maximum Gasteiger partial charge on any atom is 0.363 e. The SMILES string of the molecule is Cc1cc2c(=O)[nH]c(=O)n(O)c2n(C)c1=O. The number of hydrogen-bond acceptors (Lipinski definition) is 4. The van der Waals surface area contributed by atoms with Crippen LogP contribution < -0.4 is 16.8 Å². The first kappa shape index (κ1) is 10.2. The number of rotatable bonds is 0. The van der Waals surface area contributed by atoms with E-state index in [1.165, 1.54) is 13.1 Å². The van der Waals surface area contributed by atoms with Gasteiger partial charge in [-0.1, -0.05) is 0 Å². The van der Waals surface area contributed by atoms with Crippen LogP contribution in [0.5, 0.6) is 0 Å². The smallest absolute Gasteiger partial charge is 0.363 e. The van der Waals surface area contributed by atoms with Crippen LogP contribution in [0.2, 0.25) is 0 Å². The van der Waals surface area contributed by atoms with Crippen LogP contribution in [0.25, 0.3) is 11.0 Å². The summed E-state index contributed by atoms with van der Waals surface area (Å²) >= 11 is 0. The normalized spacial score (nSPS) is 10.9. The first-order chi connectivity index (χ1) is 7.43. The van der Waals surface area contributed by atoms with Crippen LogP contribution in [-0.4, -0.2) is 19.5 Å². The molecule has 0 atom stereocenters. The lowest BCUT2D eigenvalue weighted by Gasteiger charge is -2.07. The van der Waals surface area contributed by atoms with E-state index in [-0.39, 0.29) is 21.3 Å². The van der Waals surface area contributed by atoms with E-state index >= 15 is 0 Å². The second-order valence-electron chi connectivity index (χ2n) is 3.50. The third kappa shape index (κ3) is 1.18. The second-order valence-corrected chi connectivity index (χ2v) is 3.50. The molecular formula is C9H9N3O4. The second kappa shape index (κ2) is 3.09. The van der Waals surface area contributed by atoms with Crippen molar-refractivity contribution in [3.63, 3.8) is 0 Å². The Bertz CT molecular complexity index is 750. The van der Waals surface area contributed by atoms with Gasteiger partial charge >= 0.3 is 5.69 Å². The Morgan fingerprint density at radius 1 is 1.31 bits per heavy atom. The highest BCUT2D eigenvalue weighted by Crippen LogP contribution is 2.04. The van der Waals surface area contributed by atoms with Gasteiger partial charge in [0.2, 0.25) is 0 Å². The number of H-pyrrole nitrogens is 1. The molecule has 0 saturated carbocycles. The number of aromatic amines is 1. The predicted octanol–water partition coefficient (Wildman–Crippen LogP) is -1.07. The highest BCUT2D eigenvalue weighted by atomic mass is 16.5. The summed E-state index contributed by atoms with van der Waals surface area (Å²) in [5, 5.41) is 9.54. The Hall–Kier alpha value is -2.31. The summed E-state index contributed by atoms with van der Waals surface area (Å²) in [7, 11) is 1.38. The number of nitrogens with zero attached hydrogens (tertiary/aromatic N) is 2. The van der Waals surface area contributed by atoms with Gasteiger partial charge in [0.05, 0.1) is 5.39 Å². The fraction of sp³-hybridized carbons (Fsp3) is 0.222. The van der Waals surface area contributed by atoms with Crippen LogP contribution in [0.4, 0.5) is 0 Å². The topological polar surface area (TPSA) is 97.1 Å². The zero-order chi connectivity index (χ0) is 12.0. The quantitative estimate of drug-likeness (QED) is 0.556. The Kier molecular flexibility index (Phi) is 1.97. The van der Waals surface area contributed by atoms with Crippen molar-refractivity contribution in [3.8, 4) is 0 Å². The largest absolute Gasteiger partial charge is 0.422 e. The highest BCUT2D eigenvalue weighted by Gasteiger charge is 2.11. The monoisotopic (exact) mass is 223 g/mol. The summed E-state index contributed by atoms with van der Waals surface area (Å²) in [5.74, 6) is 0. The van der Waals surface area contributed by atoms with Crippen LogP contribution in [0.1, 0.15) is 5.56 Å². The lowest BCUT2D eigenvalue weighted by atomic mass is 10.2. The van der Waals surface area contributed by atoms with E-state index in [0.717, 1.165) is 4.57 Å². The van der Waals surface area contributed by atoms with Crippen molar-refractivity contribution in [1.82, 2.24) is 14.3 Å². The molecule has 84 valence electrons. The van der Waals surface area contributed by atoms with Gasteiger partial charge in [-0.25, -0.2) is 4.79 Å². The van der Waals surface area contributed by atoms with Gasteiger partial charge in [-0.05, 0) is 13.0 Å². The summed E-state index contributed by atoms with van der Waals surface area (Å²) < 4.78 is 1.30.